The highest BCUT2D eigenvalue weighted by molar-refractivity contribution is 5.79. The number of hydrogen-bond donors (Lipinski definition) is 2. The number of nitrogens with zero attached hydrogens (tertiary/aromatic N) is 3. The molecule has 1 aromatic rings. The van der Waals surface area contributed by atoms with Gasteiger partial charge in [-0.05, 0) is 25.7 Å². The first-order chi connectivity index (χ1) is 9.02. The molecule has 2 atom stereocenters. The van der Waals surface area contributed by atoms with Gasteiger partial charge >= 0.3 is 0 Å². The summed E-state index contributed by atoms with van der Waals surface area (Å²) < 4.78 is 1.76. The number of carbonyl (C=O) groups excluding carboxylic acids is 1. The summed E-state index contributed by atoms with van der Waals surface area (Å²) in [5.41, 5.74) is 5.67. The standard InChI is InChI=1S/C13H25N5O/c1-10(2)6-12(7-14)13(19)17-11(3)4-5-18-9-15-8-16-18/h8-12H,4-7,14H2,1-3H3,(H,17,19)/t11-,12-/m0/s1. The topological polar surface area (TPSA) is 85.8 Å². The number of rotatable bonds is 8. The Bertz CT molecular complexity index is 363. The summed E-state index contributed by atoms with van der Waals surface area (Å²) in [4.78, 5) is 15.9. The van der Waals surface area contributed by atoms with Gasteiger partial charge in [-0.3, -0.25) is 9.48 Å². The van der Waals surface area contributed by atoms with Crippen molar-refractivity contribution in [2.24, 2.45) is 17.6 Å². The lowest BCUT2D eigenvalue weighted by Crippen LogP contribution is -2.40. The van der Waals surface area contributed by atoms with E-state index in [9.17, 15) is 4.79 Å². The van der Waals surface area contributed by atoms with E-state index >= 15 is 0 Å². The number of nitrogens with two attached hydrogens (primary N) is 1. The third kappa shape index (κ3) is 5.83. The second-order valence-electron chi connectivity index (χ2n) is 5.42. The van der Waals surface area contributed by atoms with E-state index in [1.165, 1.54) is 6.33 Å². The second kappa shape index (κ2) is 7.89. The van der Waals surface area contributed by atoms with Gasteiger partial charge in [0.15, 0.2) is 0 Å². The molecular formula is C13H25N5O. The molecule has 0 aliphatic heterocycles. The number of aromatic nitrogens is 3. The monoisotopic (exact) mass is 267 g/mol. The minimum absolute atomic E-state index is 0.0577. The van der Waals surface area contributed by atoms with Crippen LogP contribution in [0.3, 0.4) is 0 Å². The molecule has 3 N–H and O–H groups in total. The molecule has 0 bridgehead atoms. The second-order valence-corrected chi connectivity index (χ2v) is 5.42. The van der Waals surface area contributed by atoms with Crippen LogP contribution in [0.15, 0.2) is 12.7 Å². The van der Waals surface area contributed by atoms with E-state index in [1.807, 2.05) is 6.92 Å². The lowest BCUT2D eigenvalue weighted by atomic mass is 9.96. The molecule has 19 heavy (non-hydrogen) atoms. The molecule has 0 aliphatic rings. The fraction of sp³-hybridized carbons (Fsp3) is 0.769. The Morgan fingerprint density at radius 1 is 1.42 bits per heavy atom. The molecule has 0 spiro atoms. The Labute approximate surface area is 114 Å². The fourth-order valence-corrected chi connectivity index (χ4v) is 1.99. The molecule has 1 aromatic heterocycles. The van der Waals surface area contributed by atoms with Gasteiger partial charge in [-0.25, -0.2) is 4.98 Å². The molecule has 1 amide bonds. The molecule has 0 saturated heterocycles. The van der Waals surface area contributed by atoms with Crippen molar-refractivity contribution in [1.29, 1.82) is 0 Å². The lowest BCUT2D eigenvalue weighted by Gasteiger charge is -2.20. The quantitative estimate of drug-likeness (QED) is 0.729. The molecule has 0 aliphatic carbocycles. The van der Waals surface area contributed by atoms with E-state index in [-0.39, 0.29) is 17.9 Å². The summed E-state index contributed by atoms with van der Waals surface area (Å²) in [5, 5.41) is 7.05. The van der Waals surface area contributed by atoms with E-state index in [2.05, 4.69) is 29.2 Å². The largest absolute Gasteiger partial charge is 0.353 e. The van der Waals surface area contributed by atoms with Crippen LogP contribution in [0, 0.1) is 11.8 Å². The molecule has 108 valence electrons. The summed E-state index contributed by atoms with van der Waals surface area (Å²) in [7, 11) is 0. The van der Waals surface area contributed by atoms with Gasteiger partial charge in [-0.2, -0.15) is 5.10 Å². The zero-order valence-electron chi connectivity index (χ0n) is 12.0. The Kier molecular flexibility index (Phi) is 6.49. The smallest absolute Gasteiger partial charge is 0.224 e. The van der Waals surface area contributed by atoms with Crippen LogP contribution in [-0.2, 0) is 11.3 Å². The molecule has 0 unspecified atom stereocenters. The Morgan fingerprint density at radius 2 is 2.16 bits per heavy atom. The first-order valence-corrected chi connectivity index (χ1v) is 6.85. The maximum Gasteiger partial charge on any atom is 0.224 e. The maximum absolute atomic E-state index is 12.1. The Balaban J connectivity index is 2.33. The van der Waals surface area contributed by atoms with Crippen molar-refractivity contribution >= 4 is 5.91 Å². The third-order valence-corrected chi connectivity index (χ3v) is 3.06. The van der Waals surface area contributed by atoms with Crippen LogP contribution in [0.25, 0.3) is 0 Å². The number of hydrogen-bond acceptors (Lipinski definition) is 4. The molecule has 6 heteroatoms. The number of aryl methyl sites for hydroxylation is 1. The fourth-order valence-electron chi connectivity index (χ4n) is 1.99. The number of amides is 1. The van der Waals surface area contributed by atoms with E-state index in [4.69, 9.17) is 5.73 Å². The molecule has 0 radical (unpaired) electrons. The first kappa shape index (κ1) is 15.6. The predicted octanol–water partition coefficient (Wildman–Crippen LogP) is 0.794. The van der Waals surface area contributed by atoms with E-state index < -0.39 is 0 Å². The van der Waals surface area contributed by atoms with Gasteiger partial charge in [0.2, 0.25) is 5.91 Å². The van der Waals surface area contributed by atoms with Crippen LogP contribution in [0.1, 0.15) is 33.6 Å². The van der Waals surface area contributed by atoms with Crippen molar-refractivity contribution in [3.63, 3.8) is 0 Å². The molecule has 0 aromatic carbocycles. The molecule has 6 nitrogen and oxygen atoms in total. The minimum atomic E-state index is -0.0891. The van der Waals surface area contributed by atoms with Crippen LogP contribution >= 0.6 is 0 Å². The summed E-state index contributed by atoms with van der Waals surface area (Å²) in [6.45, 7) is 7.35. The van der Waals surface area contributed by atoms with Gasteiger partial charge in [0.25, 0.3) is 0 Å². The van der Waals surface area contributed by atoms with Crippen molar-refractivity contribution in [3.8, 4) is 0 Å². The van der Waals surface area contributed by atoms with Crippen molar-refractivity contribution < 1.29 is 4.79 Å². The van der Waals surface area contributed by atoms with Crippen LogP contribution in [0.2, 0.25) is 0 Å². The summed E-state index contributed by atoms with van der Waals surface area (Å²) in [6.07, 6.45) is 4.85. The van der Waals surface area contributed by atoms with Crippen LogP contribution < -0.4 is 11.1 Å². The first-order valence-electron chi connectivity index (χ1n) is 6.85. The Hall–Kier alpha value is -1.43. The maximum atomic E-state index is 12.1. The number of nitrogens with one attached hydrogen (secondary N) is 1. The van der Waals surface area contributed by atoms with Gasteiger partial charge in [0.05, 0.1) is 5.92 Å². The van der Waals surface area contributed by atoms with Crippen LogP contribution in [-0.4, -0.2) is 33.3 Å². The highest BCUT2D eigenvalue weighted by atomic mass is 16.1. The van der Waals surface area contributed by atoms with Crippen molar-refractivity contribution in [1.82, 2.24) is 20.1 Å². The van der Waals surface area contributed by atoms with Gasteiger partial charge < -0.3 is 11.1 Å². The molecule has 1 rings (SSSR count). The van der Waals surface area contributed by atoms with E-state index in [1.54, 1.807) is 11.0 Å². The van der Waals surface area contributed by atoms with E-state index in [0.717, 1.165) is 19.4 Å². The minimum Gasteiger partial charge on any atom is -0.353 e. The lowest BCUT2D eigenvalue weighted by molar-refractivity contribution is -0.125. The summed E-state index contributed by atoms with van der Waals surface area (Å²) in [5.74, 6) is 0.445. The normalized spacial score (nSPS) is 14.4. The van der Waals surface area contributed by atoms with Gasteiger partial charge in [0, 0.05) is 19.1 Å². The van der Waals surface area contributed by atoms with Crippen LogP contribution in [0.4, 0.5) is 0 Å². The molecule has 0 fully saturated rings. The van der Waals surface area contributed by atoms with E-state index in [0.29, 0.717) is 12.5 Å². The third-order valence-electron chi connectivity index (χ3n) is 3.06. The zero-order chi connectivity index (χ0) is 14.3. The average molecular weight is 267 g/mol. The molecule has 1 heterocycles. The molecule has 0 saturated carbocycles. The van der Waals surface area contributed by atoms with Crippen LogP contribution in [0.5, 0.6) is 0 Å². The van der Waals surface area contributed by atoms with Gasteiger partial charge in [-0.1, -0.05) is 13.8 Å². The van der Waals surface area contributed by atoms with Crippen molar-refractivity contribution in [3.05, 3.63) is 12.7 Å². The van der Waals surface area contributed by atoms with Crippen molar-refractivity contribution in [2.75, 3.05) is 6.54 Å². The SMILES string of the molecule is CC(C)C[C@@H](CN)C(=O)N[C@@H](C)CCn1cncn1. The van der Waals surface area contributed by atoms with Gasteiger partial charge in [-0.15, -0.1) is 0 Å². The highest BCUT2D eigenvalue weighted by Crippen LogP contribution is 2.11. The molecular weight excluding hydrogens is 242 g/mol. The number of carbonyl (C=O) groups is 1. The summed E-state index contributed by atoms with van der Waals surface area (Å²) >= 11 is 0. The predicted molar refractivity (Wildman–Crippen MR) is 74.2 cm³/mol. The Morgan fingerprint density at radius 3 is 2.68 bits per heavy atom. The van der Waals surface area contributed by atoms with Crippen molar-refractivity contribution in [2.45, 2.75) is 46.2 Å². The van der Waals surface area contributed by atoms with Gasteiger partial charge in [0.1, 0.15) is 12.7 Å². The average Bonchev–Trinajstić information content (AvgIpc) is 2.86. The summed E-state index contributed by atoms with van der Waals surface area (Å²) in [6, 6.07) is 0.109. The zero-order valence-corrected chi connectivity index (χ0v) is 12.0. The highest BCUT2D eigenvalue weighted by Gasteiger charge is 2.19.